The van der Waals surface area contributed by atoms with Gasteiger partial charge in [-0.2, -0.15) is 0 Å². The van der Waals surface area contributed by atoms with Crippen molar-refractivity contribution in [3.63, 3.8) is 0 Å². The lowest BCUT2D eigenvalue weighted by Crippen LogP contribution is -2.03. The van der Waals surface area contributed by atoms with Crippen molar-refractivity contribution in [2.75, 3.05) is 5.32 Å². The minimum atomic E-state index is -0.518. The molecule has 1 aromatic heterocycles. The zero-order chi connectivity index (χ0) is 11.5. The lowest BCUT2D eigenvalue weighted by Gasteiger charge is -2.05. The van der Waals surface area contributed by atoms with Crippen LogP contribution in [0.3, 0.4) is 0 Å². The molecule has 0 aliphatic heterocycles. The molecule has 0 amide bonds. The first kappa shape index (κ1) is 10.5. The Labute approximate surface area is 90.2 Å². The molecule has 0 atom stereocenters. The summed E-state index contributed by atoms with van der Waals surface area (Å²) in [5.41, 5.74) is 1.26. The van der Waals surface area contributed by atoms with Crippen LogP contribution in [-0.4, -0.2) is 10.3 Å². The second-order valence-electron chi connectivity index (χ2n) is 3.27. The first-order valence-electron chi connectivity index (χ1n) is 4.64. The molecule has 0 unspecified atom stereocenters. The van der Waals surface area contributed by atoms with Crippen LogP contribution in [0.4, 0.5) is 14.5 Å². The second-order valence-corrected chi connectivity index (χ2v) is 3.27. The Kier molecular flexibility index (Phi) is 2.80. The van der Waals surface area contributed by atoms with E-state index >= 15 is 0 Å². The van der Waals surface area contributed by atoms with E-state index in [-0.39, 0.29) is 12.2 Å². The molecule has 2 aromatic rings. The van der Waals surface area contributed by atoms with Gasteiger partial charge in [0.2, 0.25) is 0 Å². The van der Waals surface area contributed by atoms with Gasteiger partial charge in [-0.05, 0) is 25.1 Å². The molecule has 0 aliphatic rings. The molecule has 0 spiro atoms. The topological polar surface area (TPSA) is 51.0 Å². The summed E-state index contributed by atoms with van der Waals surface area (Å²) in [7, 11) is 0. The highest BCUT2D eigenvalue weighted by molar-refractivity contribution is 5.45. The molecular weight excluding hydrogens is 216 g/mol. The van der Waals surface area contributed by atoms with Gasteiger partial charge in [-0.25, -0.2) is 13.4 Å². The van der Waals surface area contributed by atoms with Gasteiger partial charge in [0.1, 0.15) is 23.0 Å². The molecular formula is C10H9F2N3O. The fraction of sp³-hybridized carbons (Fsp3) is 0.200. The maximum absolute atomic E-state index is 13.2. The molecule has 1 aromatic carbocycles. The Morgan fingerprint density at radius 2 is 2.12 bits per heavy atom. The summed E-state index contributed by atoms with van der Waals surface area (Å²) in [5.74, 6) is -1.02. The number of aromatic nitrogens is 2. The number of anilines is 1. The zero-order valence-electron chi connectivity index (χ0n) is 8.50. The third-order valence-corrected chi connectivity index (χ3v) is 2.12. The van der Waals surface area contributed by atoms with Crippen LogP contribution in [-0.2, 0) is 6.54 Å². The number of hydrogen-bond acceptors (Lipinski definition) is 4. The van der Waals surface area contributed by atoms with Crippen LogP contribution in [0.1, 0.15) is 11.4 Å². The minimum Gasteiger partial charge on any atom is -0.377 e. The van der Waals surface area contributed by atoms with Gasteiger partial charge >= 0.3 is 0 Å². The van der Waals surface area contributed by atoms with E-state index in [2.05, 4.69) is 20.3 Å². The second kappa shape index (κ2) is 4.26. The van der Waals surface area contributed by atoms with Crippen molar-refractivity contribution in [3.8, 4) is 0 Å². The summed E-state index contributed by atoms with van der Waals surface area (Å²) in [6.07, 6.45) is 0. The summed E-state index contributed by atoms with van der Waals surface area (Å²) in [6.45, 7) is 1.95. The lowest BCUT2D eigenvalue weighted by atomic mass is 10.2. The maximum Gasteiger partial charge on any atom is 0.146 e. The zero-order valence-corrected chi connectivity index (χ0v) is 8.50. The third kappa shape index (κ3) is 2.16. The molecule has 1 N–H and O–H groups in total. The molecule has 84 valence electrons. The Balaban J connectivity index is 2.10. The molecule has 0 fully saturated rings. The van der Waals surface area contributed by atoms with E-state index < -0.39 is 11.6 Å². The van der Waals surface area contributed by atoms with E-state index in [1.807, 2.05) is 0 Å². The molecule has 1 heterocycles. The van der Waals surface area contributed by atoms with E-state index in [1.54, 1.807) is 6.92 Å². The van der Waals surface area contributed by atoms with E-state index in [0.717, 1.165) is 18.2 Å². The highest BCUT2D eigenvalue weighted by Gasteiger charge is 2.07. The van der Waals surface area contributed by atoms with Crippen molar-refractivity contribution in [1.82, 2.24) is 10.3 Å². The number of nitrogens with zero attached hydrogens (tertiary/aromatic N) is 2. The number of aryl methyl sites for hydroxylation is 1. The van der Waals surface area contributed by atoms with E-state index in [0.29, 0.717) is 11.4 Å². The molecule has 0 bridgehead atoms. The fourth-order valence-electron chi connectivity index (χ4n) is 1.22. The van der Waals surface area contributed by atoms with Crippen molar-refractivity contribution in [2.45, 2.75) is 13.5 Å². The molecule has 2 rings (SSSR count). The van der Waals surface area contributed by atoms with E-state index in [4.69, 9.17) is 0 Å². The largest absolute Gasteiger partial charge is 0.377 e. The summed E-state index contributed by atoms with van der Waals surface area (Å²) in [5, 5.41) is 9.91. The van der Waals surface area contributed by atoms with Gasteiger partial charge < -0.3 is 5.32 Å². The monoisotopic (exact) mass is 225 g/mol. The molecule has 6 heteroatoms. The van der Waals surface area contributed by atoms with E-state index in [9.17, 15) is 8.78 Å². The van der Waals surface area contributed by atoms with Crippen molar-refractivity contribution in [1.29, 1.82) is 0 Å². The van der Waals surface area contributed by atoms with Crippen LogP contribution in [0.25, 0.3) is 0 Å². The average molecular weight is 225 g/mol. The fourth-order valence-corrected chi connectivity index (χ4v) is 1.22. The summed E-state index contributed by atoms with van der Waals surface area (Å²) in [6, 6.07) is 3.20. The van der Waals surface area contributed by atoms with Crippen molar-refractivity contribution < 1.29 is 13.4 Å². The molecule has 0 radical (unpaired) electrons. The van der Waals surface area contributed by atoms with Crippen LogP contribution in [0.5, 0.6) is 0 Å². The number of benzene rings is 1. The Morgan fingerprint density at radius 3 is 2.81 bits per heavy atom. The SMILES string of the molecule is Cc1nonc1CNc1cc(F)ccc1F. The van der Waals surface area contributed by atoms with Crippen LogP contribution in [0, 0.1) is 18.6 Å². The number of nitrogens with one attached hydrogen (secondary N) is 1. The highest BCUT2D eigenvalue weighted by Crippen LogP contribution is 2.16. The standard InChI is InChI=1S/C10H9F2N3O/c1-6-10(15-16-14-6)5-13-9-4-7(11)2-3-8(9)12/h2-4,13H,5H2,1H3. The first-order valence-corrected chi connectivity index (χ1v) is 4.64. The van der Waals surface area contributed by atoms with Gasteiger partial charge in [-0.1, -0.05) is 10.3 Å². The predicted molar refractivity (Wildman–Crippen MR) is 52.7 cm³/mol. The Hall–Kier alpha value is -1.98. The quantitative estimate of drug-likeness (QED) is 0.870. The average Bonchev–Trinajstić information content (AvgIpc) is 2.66. The normalized spacial score (nSPS) is 10.4. The van der Waals surface area contributed by atoms with Gasteiger partial charge in [-0.3, -0.25) is 0 Å². The lowest BCUT2D eigenvalue weighted by molar-refractivity contribution is 0.301. The maximum atomic E-state index is 13.2. The predicted octanol–water partition coefficient (Wildman–Crippen LogP) is 2.27. The van der Waals surface area contributed by atoms with Crippen molar-refractivity contribution in [3.05, 3.63) is 41.2 Å². The van der Waals surface area contributed by atoms with Crippen LogP contribution in [0.2, 0.25) is 0 Å². The number of rotatable bonds is 3. The highest BCUT2D eigenvalue weighted by atomic mass is 19.1. The molecule has 4 nitrogen and oxygen atoms in total. The summed E-state index contributed by atoms with van der Waals surface area (Å²) in [4.78, 5) is 0. The van der Waals surface area contributed by atoms with Crippen LogP contribution < -0.4 is 5.32 Å². The Morgan fingerprint density at radius 1 is 1.31 bits per heavy atom. The van der Waals surface area contributed by atoms with Gasteiger partial charge in [0, 0.05) is 0 Å². The summed E-state index contributed by atoms with van der Waals surface area (Å²) >= 11 is 0. The molecule has 0 aliphatic carbocycles. The van der Waals surface area contributed by atoms with Crippen LogP contribution in [0.15, 0.2) is 22.8 Å². The summed E-state index contributed by atoms with van der Waals surface area (Å²) < 4.78 is 30.5. The van der Waals surface area contributed by atoms with E-state index in [1.165, 1.54) is 0 Å². The van der Waals surface area contributed by atoms with Crippen molar-refractivity contribution in [2.24, 2.45) is 0 Å². The number of halogens is 2. The molecule has 0 saturated heterocycles. The molecule has 0 saturated carbocycles. The third-order valence-electron chi connectivity index (χ3n) is 2.12. The van der Waals surface area contributed by atoms with Gasteiger partial charge in [0.15, 0.2) is 0 Å². The minimum absolute atomic E-state index is 0.0856. The first-order chi connectivity index (χ1) is 7.66. The van der Waals surface area contributed by atoms with Gasteiger partial charge in [-0.15, -0.1) is 0 Å². The van der Waals surface area contributed by atoms with Gasteiger partial charge in [0.25, 0.3) is 0 Å². The smallest absolute Gasteiger partial charge is 0.146 e. The van der Waals surface area contributed by atoms with Gasteiger partial charge in [0.05, 0.1) is 12.2 Å². The Bertz CT molecular complexity index is 499. The molecule has 16 heavy (non-hydrogen) atoms. The van der Waals surface area contributed by atoms with Crippen LogP contribution >= 0.6 is 0 Å². The van der Waals surface area contributed by atoms with Crippen molar-refractivity contribution >= 4 is 5.69 Å². The number of hydrogen-bond donors (Lipinski definition) is 1.